The molecule has 0 spiro atoms. The second kappa shape index (κ2) is 7.63. The summed E-state index contributed by atoms with van der Waals surface area (Å²) < 4.78 is 28.3. The first-order valence-electron chi connectivity index (χ1n) is 9.07. The maximum Gasteiger partial charge on any atom is 0.343 e. The Hall–Kier alpha value is -2.87. The van der Waals surface area contributed by atoms with Crippen LogP contribution in [0.15, 0.2) is 58.2 Å². The van der Waals surface area contributed by atoms with Crippen LogP contribution in [0.25, 0.3) is 11.0 Å². The Morgan fingerprint density at radius 3 is 2.29 bits per heavy atom. The molecule has 1 N–H and O–H groups in total. The lowest BCUT2D eigenvalue weighted by Crippen LogP contribution is -2.38. The van der Waals surface area contributed by atoms with Gasteiger partial charge in [-0.3, -0.25) is 9.36 Å². The lowest BCUT2D eigenvalue weighted by atomic mass is 10.2. The van der Waals surface area contributed by atoms with Gasteiger partial charge in [0, 0.05) is 6.04 Å². The molecule has 1 atom stereocenters. The highest BCUT2D eigenvalue weighted by atomic mass is 32.2. The monoisotopic (exact) mass is 401 g/mol. The number of para-hydroxylation sites is 2. The number of carbonyl (C=O) groups excluding carboxylic acids is 1. The zero-order chi connectivity index (χ0) is 20.5. The molecule has 2 aromatic carbocycles. The average Bonchev–Trinajstić information content (AvgIpc) is 2.94. The van der Waals surface area contributed by atoms with E-state index in [1.54, 1.807) is 36.4 Å². The summed E-state index contributed by atoms with van der Waals surface area (Å²) in [7, 11) is -4.10. The van der Waals surface area contributed by atoms with Crippen molar-refractivity contribution >= 4 is 27.0 Å². The van der Waals surface area contributed by atoms with E-state index in [2.05, 4.69) is 5.32 Å². The average molecular weight is 401 g/mol. The van der Waals surface area contributed by atoms with E-state index in [4.69, 9.17) is 0 Å². The van der Waals surface area contributed by atoms with Gasteiger partial charge < -0.3 is 5.32 Å². The maximum atomic E-state index is 13.2. The van der Waals surface area contributed by atoms with E-state index in [0.29, 0.717) is 5.52 Å². The van der Waals surface area contributed by atoms with E-state index >= 15 is 0 Å². The summed E-state index contributed by atoms with van der Waals surface area (Å²) in [6.45, 7) is 5.41. The van der Waals surface area contributed by atoms with Gasteiger partial charge >= 0.3 is 5.69 Å². The first-order chi connectivity index (χ1) is 13.3. The number of hydrogen-bond donors (Lipinski definition) is 1. The molecule has 1 aromatic heterocycles. The molecule has 0 aliphatic heterocycles. The van der Waals surface area contributed by atoms with Crippen molar-refractivity contribution in [1.29, 1.82) is 0 Å². The molecule has 0 fully saturated rings. The van der Waals surface area contributed by atoms with Gasteiger partial charge in [0.05, 0.1) is 15.9 Å². The van der Waals surface area contributed by atoms with Crippen LogP contribution in [0.1, 0.15) is 25.8 Å². The Kier molecular flexibility index (Phi) is 5.42. The van der Waals surface area contributed by atoms with Gasteiger partial charge in [-0.25, -0.2) is 13.2 Å². The highest BCUT2D eigenvalue weighted by Gasteiger charge is 2.26. The molecule has 0 saturated heterocycles. The molecule has 8 heteroatoms. The third-order valence-electron chi connectivity index (χ3n) is 4.68. The van der Waals surface area contributed by atoms with Gasteiger partial charge in [-0.1, -0.05) is 36.8 Å². The van der Waals surface area contributed by atoms with E-state index in [9.17, 15) is 18.0 Å². The van der Waals surface area contributed by atoms with Gasteiger partial charge in [-0.05, 0) is 44.5 Å². The van der Waals surface area contributed by atoms with E-state index in [1.807, 2.05) is 20.8 Å². The summed E-state index contributed by atoms with van der Waals surface area (Å²) in [4.78, 5) is 25.4. The number of amides is 1. The number of aromatic nitrogens is 2. The molecule has 1 unspecified atom stereocenters. The molecule has 1 heterocycles. The molecule has 3 aromatic rings. The number of rotatable bonds is 6. The summed E-state index contributed by atoms with van der Waals surface area (Å²) in [6.07, 6.45) is 0.754. The smallest absolute Gasteiger partial charge is 0.343 e. The number of hydrogen-bond acceptors (Lipinski definition) is 4. The number of nitrogens with one attached hydrogen (secondary N) is 1. The molecule has 0 saturated carbocycles. The van der Waals surface area contributed by atoms with Crippen molar-refractivity contribution in [3.05, 3.63) is 64.6 Å². The minimum Gasteiger partial charge on any atom is -0.352 e. The van der Waals surface area contributed by atoms with Crippen LogP contribution in [0.2, 0.25) is 0 Å². The predicted molar refractivity (Wildman–Crippen MR) is 108 cm³/mol. The van der Waals surface area contributed by atoms with E-state index in [1.165, 1.54) is 16.7 Å². The molecule has 1 amide bonds. The minimum absolute atomic E-state index is 0.0205. The highest BCUT2D eigenvalue weighted by Crippen LogP contribution is 2.20. The number of nitrogens with zero attached hydrogens (tertiary/aromatic N) is 2. The van der Waals surface area contributed by atoms with E-state index < -0.39 is 15.7 Å². The summed E-state index contributed by atoms with van der Waals surface area (Å²) >= 11 is 0. The summed E-state index contributed by atoms with van der Waals surface area (Å²) in [5, 5.41) is 2.80. The highest BCUT2D eigenvalue weighted by molar-refractivity contribution is 7.90. The van der Waals surface area contributed by atoms with Crippen LogP contribution >= 0.6 is 0 Å². The third kappa shape index (κ3) is 3.60. The molecule has 28 heavy (non-hydrogen) atoms. The molecular weight excluding hydrogens is 378 g/mol. The number of aryl methyl sites for hydroxylation is 1. The van der Waals surface area contributed by atoms with Gasteiger partial charge in [0.2, 0.25) is 5.91 Å². The van der Waals surface area contributed by atoms with Crippen LogP contribution in [0, 0.1) is 6.92 Å². The molecule has 3 rings (SSSR count). The van der Waals surface area contributed by atoms with Crippen LogP contribution in [0.4, 0.5) is 0 Å². The van der Waals surface area contributed by atoms with E-state index in [-0.39, 0.29) is 28.9 Å². The summed E-state index contributed by atoms with van der Waals surface area (Å²) in [6, 6.07) is 12.8. The summed E-state index contributed by atoms with van der Waals surface area (Å²) in [5.41, 5.74) is 0.781. The Morgan fingerprint density at radius 1 is 1.07 bits per heavy atom. The van der Waals surface area contributed by atoms with Gasteiger partial charge in [-0.2, -0.15) is 3.97 Å². The van der Waals surface area contributed by atoms with Gasteiger partial charge in [-0.15, -0.1) is 0 Å². The van der Waals surface area contributed by atoms with Crippen molar-refractivity contribution in [3.8, 4) is 0 Å². The number of fused-ring (bicyclic) bond motifs is 1. The normalized spacial score (nSPS) is 12.8. The van der Waals surface area contributed by atoms with Crippen molar-refractivity contribution in [1.82, 2.24) is 13.9 Å². The second-order valence-electron chi connectivity index (χ2n) is 6.82. The molecule has 148 valence electrons. The molecule has 0 bridgehead atoms. The molecular formula is C20H23N3O4S. The number of imidazole rings is 1. The number of carbonyl (C=O) groups is 1. The Morgan fingerprint density at radius 2 is 1.68 bits per heavy atom. The van der Waals surface area contributed by atoms with E-state index in [0.717, 1.165) is 16.0 Å². The third-order valence-corrected chi connectivity index (χ3v) is 6.38. The fraction of sp³-hybridized carbons (Fsp3) is 0.300. The molecule has 0 aliphatic carbocycles. The first kappa shape index (κ1) is 19.9. The zero-order valence-corrected chi connectivity index (χ0v) is 16.9. The second-order valence-corrected chi connectivity index (χ2v) is 8.60. The Balaban J connectivity index is 2.15. The fourth-order valence-corrected chi connectivity index (χ4v) is 4.36. The minimum atomic E-state index is -4.10. The van der Waals surface area contributed by atoms with Crippen LogP contribution in [-0.4, -0.2) is 28.9 Å². The van der Waals surface area contributed by atoms with Gasteiger partial charge in [0.15, 0.2) is 0 Å². The van der Waals surface area contributed by atoms with Crippen LogP contribution < -0.4 is 11.0 Å². The zero-order valence-electron chi connectivity index (χ0n) is 16.0. The first-order valence-corrected chi connectivity index (χ1v) is 10.5. The van der Waals surface area contributed by atoms with Gasteiger partial charge in [0.1, 0.15) is 6.54 Å². The molecule has 0 radical (unpaired) electrons. The molecule has 7 nitrogen and oxygen atoms in total. The van der Waals surface area contributed by atoms with Gasteiger partial charge in [0.25, 0.3) is 10.0 Å². The van der Waals surface area contributed by atoms with Crippen LogP contribution in [0.5, 0.6) is 0 Å². The Labute approximate surface area is 163 Å². The van der Waals surface area contributed by atoms with Crippen molar-refractivity contribution in [2.75, 3.05) is 0 Å². The van der Waals surface area contributed by atoms with Crippen molar-refractivity contribution in [2.24, 2.45) is 0 Å². The fourth-order valence-electron chi connectivity index (χ4n) is 2.95. The summed E-state index contributed by atoms with van der Waals surface area (Å²) in [5.74, 6) is -0.341. The lowest BCUT2D eigenvalue weighted by molar-refractivity contribution is -0.122. The quantitative estimate of drug-likeness (QED) is 0.686. The largest absolute Gasteiger partial charge is 0.352 e. The predicted octanol–water partition coefficient (Wildman–Crippen LogP) is 2.26. The maximum absolute atomic E-state index is 13.2. The van der Waals surface area contributed by atoms with Crippen molar-refractivity contribution < 1.29 is 13.2 Å². The van der Waals surface area contributed by atoms with Crippen LogP contribution in [0.3, 0.4) is 0 Å². The van der Waals surface area contributed by atoms with Crippen molar-refractivity contribution in [2.45, 2.75) is 44.7 Å². The van der Waals surface area contributed by atoms with Crippen LogP contribution in [-0.2, 0) is 21.4 Å². The standard InChI is InChI=1S/C20H23N3O4S/c1-4-15(3)21-19(24)13-22-17-7-5-6-8-18(17)23(20(22)25)28(26,27)16-11-9-14(2)10-12-16/h5-12,15H,4,13H2,1-3H3,(H,21,24). The topological polar surface area (TPSA) is 90.2 Å². The van der Waals surface area contributed by atoms with Crippen molar-refractivity contribution in [3.63, 3.8) is 0 Å². The number of benzene rings is 2. The Bertz CT molecular complexity index is 1170. The SMILES string of the molecule is CCC(C)NC(=O)Cn1c(=O)n(S(=O)(=O)c2ccc(C)cc2)c2ccccc21. The lowest BCUT2D eigenvalue weighted by Gasteiger charge is -2.11. The molecule has 0 aliphatic rings.